The molecule has 1 heterocycles. The van der Waals surface area contributed by atoms with Crippen molar-refractivity contribution in [2.75, 3.05) is 43.6 Å². The molecule has 34 heavy (non-hydrogen) atoms. The number of alkyl halides is 3. The molecule has 1 aromatic carbocycles. The molecule has 0 aliphatic carbocycles. The highest BCUT2D eigenvalue weighted by atomic mass is 35.5. The van der Waals surface area contributed by atoms with Gasteiger partial charge in [0.15, 0.2) is 5.82 Å². The van der Waals surface area contributed by atoms with E-state index in [9.17, 15) is 36.6 Å². The molecular weight excluding hydrogens is 487 g/mol. The van der Waals surface area contributed by atoms with Crippen LogP contribution < -0.4 is 9.80 Å². The minimum Gasteiger partial charge on any atom is -0.395 e. The fourth-order valence-electron chi connectivity index (χ4n) is 3.19. The van der Waals surface area contributed by atoms with Gasteiger partial charge in [0.05, 0.1) is 17.9 Å². The maximum atomic E-state index is 14.5. The molecular formula is C21H22ClF5N4O3. The lowest BCUT2D eigenvalue weighted by molar-refractivity contribution is -0.137. The third-order valence-electron chi connectivity index (χ3n) is 4.94. The molecule has 0 spiro atoms. The number of anilines is 2. The van der Waals surface area contributed by atoms with Crippen LogP contribution >= 0.6 is 11.6 Å². The number of carbonyl (C=O) groups is 2. The van der Waals surface area contributed by atoms with Gasteiger partial charge in [-0.2, -0.15) is 13.2 Å². The van der Waals surface area contributed by atoms with Crippen molar-refractivity contribution < 1.29 is 36.6 Å². The summed E-state index contributed by atoms with van der Waals surface area (Å²) in [4.78, 5) is 32.2. The third kappa shape index (κ3) is 6.19. The van der Waals surface area contributed by atoms with Crippen molar-refractivity contribution >= 4 is 35.4 Å². The largest absolute Gasteiger partial charge is 0.416 e. The minimum absolute atomic E-state index is 0.0590. The summed E-state index contributed by atoms with van der Waals surface area (Å²) in [6, 6.07) is 1.71. The highest BCUT2D eigenvalue weighted by Gasteiger charge is 2.36. The summed E-state index contributed by atoms with van der Waals surface area (Å²) in [5.74, 6) is -3.66. The van der Waals surface area contributed by atoms with E-state index >= 15 is 0 Å². The van der Waals surface area contributed by atoms with Crippen LogP contribution in [0.4, 0.5) is 33.5 Å². The molecule has 186 valence electrons. The summed E-state index contributed by atoms with van der Waals surface area (Å²) in [6.07, 6.45) is -4.60. The molecule has 1 atom stereocenters. The smallest absolute Gasteiger partial charge is 0.395 e. The lowest BCUT2D eigenvalue weighted by atomic mass is 10.1. The number of benzene rings is 1. The van der Waals surface area contributed by atoms with E-state index in [0.717, 1.165) is 30.1 Å². The van der Waals surface area contributed by atoms with Gasteiger partial charge >= 0.3 is 6.18 Å². The standard InChI is InChI=1S/C21H22ClF5N4O3/c1-12-8-13(21(25,26)27)9-17(28-12)31(11-33)16(10-29(2)6-7-32)20(34)30(3)15-5-4-14(23)18(22)19(15)24/h4-5,8-9,11,16,32H,6-7,10H2,1-3H3/t16-/m0/s1. The van der Waals surface area contributed by atoms with Gasteiger partial charge in [0.1, 0.15) is 22.7 Å². The summed E-state index contributed by atoms with van der Waals surface area (Å²) >= 11 is 5.59. The van der Waals surface area contributed by atoms with Gasteiger partial charge in [0.25, 0.3) is 5.91 Å². The molecule has 0 fully saturated rings. The molecule has 0 saturated heterocycles. The SMILES string of the molecule is Cc1cc(C(F)(F)F)cc(N(C=O)[C@@H](CN(C)CCO)C(=O)N(C)c2ccc(F)c(Cl)c2F)n1. The Labute approximate surface area is 197 Å². The summed E-state index contributed by atoms with van der Waals surface area (Å²) in [7, 11) is 2.64. The van der Waals surface area contributed by atoms with Crippen LogP contribution in [-0.4, -0.2) is 67.1 Å². The first-order chi connectivity index (χ1) is 15.8. The van der Waals surface area contributed by atoms with Crippen LogP contribution in [0.25, 0.3) is 0 Å². The number of aliphatic hydroxyl groups excluding tert-OH is 1. The summed E-state index contributed by atoms with van der Waals surface area (Å²) in [5, 5.41) is 8.33. The molecule has 0 radical (unpaired) electrons. The number of hydrogen-bond acceptors (Lipinski definition) is 5. The van der Waals surface area contributed by atoms with Crippen molar-refractivity contribution in [2.24, 2.45) is 0 Å². The molecule has 0 aliphatic rings. The predicted octanol–water partition coefficient (Wildman–Crippen LogP) is 3.26. The van der Waals surface area contributed by atoms with E-state index in [0.29, 0.717) is 11.0 Å². The Bertz CT molecular complexity index is 1050. The molecule has 1 aromatic heterocycles. The van der Waals surface area contributed by atoms with Crippen LogP contribution in [-0.2, 0) is 15.8 Å². The van der Waals surface area contributed by atoms with Crippen molar-refractivity contribution in [2.45, 2.75) is 19.1 Å². The Morgan fingerprint density at radius 2 is 1.88 bits per heavy atom. The zero-order chi connectivity index (χ0) is 25.8. The topological polar surface area (TPSA) is 77.0 Å². The van der Waals surface area contributed by atoms with Gasteiger partial charge in [-0.1, -0.05) is 11.6 Å². The Morgan fingerprint density at radius 1 is 1.24 bits per heavy atom. The van der Waals surface area contributed by atoms with E-state index in [1.165, 1.54) is 18.9 Å². The van der Waals surface area contributed by atoms with Crippen molar-refractivity contribution in [1.82, 2.24) is 9.88 Å². The second-order valence-electron chi connectivity index (χ2n) is 7.46. The van der Waals surface area contributed by atoms with E-state index in [2.05, 4.69) is 4.98 Å². The van der Waals surface area contributed by atoms with Crippen LogP contribution in [0.3, 0.4) is 0 Å². The number of amides is 2. The minimum atomic E-state index is -4.74. The first-order valence-electron chi connectivity index (χ1n) is 9.81. The average molecular weight is 509 g/mol. The Balaban J connectivity index is 2.57. The summed E-state index contributed by atoms with van der Waals surface area (Å²) in [5.41, 5.74) is -1.55. The van der Waals surface area contributed by atoms with Gasteiger partial charge in [-0.3, -0.25) is 14.5 Å². The number of carbonyl (C=O) groups excluding carboxylic acids is 2. The second-order valence-corrected chi connectivity index (χ2v) is 7.84. The van der Waals surface area contributed by atoms with Crippen LogP contribution in [0.5, 0.6) is 0 Å². The average Bonchev–Trinajstić information content (AvgIpc) is 2.75. The number of aryl methyl sites for hydroxylation is 1. The number of likely N-dealkylation sites (N-methyl/N-ethyl adjacent to an activating group) is 2. The summed E-state index contributed by atoms with van der Waals surface area (Å²) in [6.45, 7) is 0.790. The number of nitrogens with zero attached hydrogens (tertiary/aromatic N) is 4. The Kier molecular flexibility index (Phi) is 8.92. The molecule has 13 heteroatoms. The van der Waals surface area contributed by atoms with E-state index in [4.69, 9.17) is 11.6 Å². The van der Waals surface area contributed by atoms with Crippen LogP contribution in [0.1, 0.15) is 11.3 Å². The van der Waals surface area contributed by atoms with Gasteiger partial charge in [-0.25, -0.2) is 13.8 Å². The molecule has 1 N–H and O–H groups in total. The highest BCUT2D eigenvalue weighted by Crippen LogP contribution is 2.33. The van der Waals surface area contributed by atoms with Gasteiger partial charge in [-0.05, 0) is 38.2 Å². The second kappa shape index (κ2) is 11.1. The zero-order valence-corrected chi connectivity index (χ0v) is 19.2. The Morgan fingerprint density at radius 3 is 2.44 bits per heavy atom. The number of pyridine rings is 1. The van der Waals surface area contributed by atoms with Gasteiger partial charge < -0.3 is 14.9 Å². The number of rotatable bonds is 9. The normalized spacial score (nSPS) is 12.6. The van der Waals surface area contributed by atoms with E-state index in [1.54, 1.807) is 0 Å². The molecule has 2 amide bonds. The van der Waals surface area contributed by atoms with Gasteiger partial charge in [0.2, 0.25) is 6.41 Å². The monoisotopic (exact) mass is 508 g/mol. The van der Waals surface area contributed by atoms with Crippen LogP contribution in [0.2, 0.25) is 5.02 Å². The third-order valence-corrected chi connectivity index (χ3v) is 5.29. The van der Waals surface area contributed by atoms with Crippen molar-refractivity contribution in [3.05, 3.63) is 52.2 Å². The van der Waals surface area contributed by atoms with Crippen molar-refractivity contribution in [3.63, 3.8) is 0 Å². The van der Waals surface area contributed by atoms with Crippen LogP contribution in [0.15, 0.2) is 24.3 Å². The van der Waals surface area contributed by atoms with E-state index in [-0.39, 0.29) is 31.8 Å². The zero-order valence-electron chi connectivity index (χ0n) is 18.4. The number of aliphatic hydroxyl groups is 1. The van der Waals surface area contributed by atoms with Gasteiger partial charge in [0, 0.05) is 25.8 Å². The van der Waals surface area contributed by atoms with Gasteiger partial charge in [-0.15, -0.1) is 0 Å². The molecule has 0 bridgehead atoms. The highest BCUT2D eigenvalue weighted by molar-refractivity contribution is 6.31. The van der Waals surface area contributed by atoms with Crippen LogP contribution in [0, 0.1) is 18.6 Å². The summed E-state index contributed by atoms with van der Waals surface area (Å²) < 4.78 is 68.0. The first kappa shape index (κ1) is 27.4. The van der Waals surface area contributed by atoms with Crippen molar-refractivity contribution in [1.29, 1.82) is 0 Å². The number of halogens is 6. The lowest BCUT2D eigenvalue weighted by Crippen LogP contribution is -2.53. The molecule has 0 unspecified atom stereocenters. The maximum Gasteiger partial charge on any atom is 0.416 e. The molecule has 0 aliphatic heterocycles. The maximum absolute atomic E-state index is 14.5. The molecule has 7 nitrogen and oxygen atoms in total. The molecule has 2 rings (SSSR count). The number of hydrogen-bond donors (Lipinski definition) is 1. The molecule has 2 aromatic rings. The Hall–Kier alpha value is -2.83. The molecule has 0 saturated carbocycles. The van der Waals surface area contributed by atoms with E-state index < -0.39 is 51.9 Å². The fourth-order valence-corrected chi connectivity index (χ4v) is 3.35. The predicted molar refractivity (Wildman–Crippen MR) is 116 cm³/mol. The first-order valence-corrected chi connectivity index (χ1v) is 10.2. The van der Waals surface area contributed by atoms with Crippen molar-refractivity contribution in [3.8, 4) is 0 Å². The quantitative estimate of drug-likeness (QED) is 0.320. The van der Waals surface area contributed by atoms with E-state index in [1.807, 2.05) is 0 Å². The number of aromatic nitrogens is 1. The fraction of sp³-hybridized carbons (Fsp3) is 0.381. The lowest BCUT2D eigenvalue weighted by Gasteiger charge is -2.33.